The van der Waals surface area contributed by atoms with E-state index in [-0.39, 0.29) is 16.6 Å². The Balaban J connectivity index is 1.89. The van der Waals surface area contributed by atoms with Crippen LogP contribution in [0.2, 0.25) is 0 Å². The van der Waals surface area contributed by atoms with Gasteiger partial charge in [-0.15, -0.1) is 0 Å². The number of aromatic amines is 2. The van der Waals surface area contributed by atoms with Crippen LogP contribution in [0.15, 0.2) is 27.9 Å². The highest BCUT2D eigenvalue weighted by atomic mass is 32.2. The van der Waals surface area contributed by atoms with Gasteiger partial charge in [0.25, 0.3) is 0 Å². The van der Waals surface area contributed by atoms with E-state index in [4.69, 9.17) is 0 Å². The molecule has 0 amide bonds. The Morgan fingerprint density at radius 3 is 2.75 bits per heavy atom. The lowest BCUT2D eigenvalue weighted by Gasteiger charge is -2.23. The van der Waals surface area contributed by atoms with E-state index in [1.54, 1.807) is 6.07 Å². The number of sulfonamides is 1. The molecule has 2 heterocycles. The highest BCUT2D eigenvalue weighted by Gasteiger charge is 2.22. The zero-order chi connectivity index (χ0) is 14.2. The van der Waals surface area contributed by atoms with Crippen LogP contribution in [-0.2, 0) is 10.0 Å². The molecule has 0 bridgehead atoms. The van der Waals surface area contributed by atoms with Gasteiger partial charge in [-0.25, -0.2) is 17.9 Å². The number of H-pyrrole nitrogens is 2. The molecule has 1 atom stereocenters. The first-order chi connectivity index (χ1) is 9.54. The number of imidazole rings is 1. The Bertz CT molecular complexity index is 771. The molecule has 0 aliphatic carbocycles. The Kier molecular flexibility index (Phi) is 3.36. The second-order valence-corrected chi connectivity index (χ2v) is 6.67. The Morgan fingerprint density at radius 2 is 2.00 bits per heavy atom. The zero-order valence-corrected chi connectivity index (χ0v) is 11.6. The number of aromatic nitrogens is 2. The van der Waals surface area contributed by atoms with Gasteiger partial charge in [-0.05, 0) is 37.6 Å². The summed E-state index contributed by atoms with van der Waals surface area (Å²) in [5, 5.41) is 3.16. The van der Waals surface area contributed by atoms with Gasteiger partial charge in [-0.3, -0.25) is 0 Å². The van der Waals surface area contributed by atoms with Gasteiger partial charge in [0.1, 0.15) is 0 Å². The topological polar surface area (TPSA) is 107 Å². The SMILES string of the molecule is O=c1[nH]c2ccc(S(=O)(=O)NC3CCCNC3)cc2[nH]1. The summed E-state index contributed by atoms with van der Waals surface area (Å²) in [5.74, 6) is 0. The highest BCUT2D eigenvalue weighted by molar-refractivity contribution is 7.89. The van der Waals surface area contributed by atoms with Gasteiger partial charge in [0.2, 0.25) is 10.0 Å². The third kappa shape index (κ3) is 2.62. The van der Waals surface area contributed by atoms with Crippen molar-refractivity contribution in [2.75, 3.05) is 13.1 Å². The van der Waals surface area contributed by atoms with Crippen LogP contribution in [0.5, 0.6) is 0 Å². The van der Waals surface area contributed by atoms with E-state index < -0.39 is 10.0 Å². The second kappa shape index (κ2) is 5.04. The molecule has 1 fully saturated rings. The lowest BCUT2D eigenvalue weighted by molar-refractivity contribution is 0.428. The fourth-order valence-electron chi connectivity index (χ4n) is 2.42. The first kappa shape index (κ1) is 13.3. The third-order valence-electron chi connectivity index (χ3n) is 3.42. The van der Waals surface area contributed by atoms with E-state index in [2.05, 4.69) is 20.0 Å². The summed E-state index contributed by atoms with van der Waals surface area (Å²) in [5.41, 5.74) is 0.729. The van der Waals surface area contributed by atoms with Crippen molar-refractivity contribution in [3.8, 4) is 0 Å². The zero-order valence-electron chi connectivity index (χ0n) is 10.8. The molecular formula is C12H16N4O3S. The number of hydrogen-bond donors (Lipinski definition) is 4. The van der Waals surface area contributed by atoms with Crippen LogP contribution in [0.25, 0.3) is 11.0 Å². The first-order valence-corrected chi connectivity index (χ1v) is 7.98. The van der Waals surface area contributed by atoms with Crippen LogP contribution in [-0.4, -0.2) is 37.5 Å². The molecule has 0 spiro atoms. The molecule has 8 heteroatoms. The largest absolute Gasteiger partial charge is 0.323 e. The second-order valence-electron chi connectivity index (χ2n) is 4.95. The Hall–Kier alpha value is -1.64. The molecule has 1 aromatic carbocycles. The molecule has 1 aromatic heterocycles. The van der Waals surface area contributed by atoms with Crippen molar-refractivity contribution in [2.24, 2.45) is 0 Å². The van der Waals surface area contributed by atoms with Crippen molar-refractivity contribution in [1.29, 1.82) is 0 Å². The molecule has 2 aromatic rings. The maximum absolute atomic E-state index is 12.3. The van der Waals surface area contributed by atoms with Gasteiger partial charge >= 0.3 is 5.69 Å². The predicted octanol–water partition coefficient (Wildman–Crippen LogP) is -0.113. The van der Waals surface area contributed by atoms with Crippen molar-refractivity contribution in [3.63, 3.8) is 0 Å². The molecule has 3 rings (SSSR count). The minimum absolute atomic E-state index is 0.0882. The molecule has 0 saturated carbocycles. The van der Waals surface area contributed by atoms with Crippen molar-refractivity contribution < 1.29 is 8.42 Å². The van der Waals surface area contributed by atoms with Crippen molar-refractivity contribution >= 4 is 21.1 Å². The van der Waals surface area contributed by atoms with Gasteiger partial charge < -0.3 is 15.3 Å². The number of hydrogen-bond acceptors (Lipinski definition) is 4. The summed E-state index contributed by atoms with van der Waals surface area (Å²) in [6.45, 7) is 1.57. The molecule has 7 nitrogen and oxygen atoms in total. The maximum Gasteiger partial charge on any atom is 0.323 e. The highest BCUT2D eigenvalue weighted by Crippen LogP contribution is 2.16. The molecule has 1 saturated heterocycles. The smallest absolute Gasteiger partial charge is 0.315 e. The minimum atomic E-state index is -3.57. The summed E-state index contributed by atoms with van der Waals surface area (Å²) >= 11 is 0. The predicted molar refractivity (Wildman–Crippen MR) is 75.1 cm³/mol. The van der Waals surface area contributed by atoms with E-state index >= 15 is 0 Å². The number of rotatable bonds is 3. The van der Waals surface area contributed by atoms with E-state index in [1.165, 1.54) is 12.1 Å². The molecular weight excluding hydrogens is 280 g/mol. The van der Waals surface area contributed by atoms with E-state index in [0.717, 1.165) is 19.4 Å². The molecule has 1 aliphatic heterocycles. The van der Waals surface area contributed by atoms with Crippen LogP contribution in [0.1, 0.15) is 12.8 Å². The van der Waals surface area contributed by atoms with Crippen molar-refractivity contribution in [2.45, 2.75) is 23.8 Å². The van der Waals surface area contributed by atoms with Crippen molar-refractivity contribution in [3.05, 3.63) is 28.7 Å². The molecule has 0 radical (unpaired) electrons. The summed E-state index contributed by atoms with van der Waals surface area (Å²) in [6.07, 6.45) is 1.78. The van der Waals surface area contributed by atoms with Crippen LogP contribution < -0.4 is 15.7 Å². The summed E-state index contributed by atoms with van der Waals surface area (Å²) < 4.78 is 27.3. The summed E-state index contributed by atoms with van der Waals surface area (Å²) in [6, 6.07) is 4.45. The van der Waals surface area contributed by atoms with E-state index in [9.17, 15) is 13.2 Å². The lowest BCUT2D eigenvalue weighted by Crippen LogP contribution is -2.45. The number of benzene rings is 1. The molecule has 20 heavy (non-hydrogen) atoms. The number of piperidine rings is 1. The van der Waals surface area contributed by atoms with Gasteiger partial charge in [-0.1, -0.05) is 0 Å². The summed E-state index contributed by atoms with van der Waals surface area (Å²) in [4.78, 5) is 16.5. The molecule has 1 unspecified atom stereocenters. The Morgan fingerprint density at radius 1 is 1.20 bits per heavy atom. The molecule has 108 valence electrons. The standard InChI is InChI=1S/C12H16N4O3S/c17-12-14-10-4-3-9(6-11(10)15-12)20(18,19)16-8-2-1-5-13-7-8/h3-4,6,8,13,16H,1-2,5,7H2,(H2,14,15,17). The Labute approximate surface area is 115 Å². The lowest BCUT2D eigenvalue weighted by atomic mass is 10.1. The summed E-state index contributed by atoms with van der Waals surface area (Å²) in [7, 11) is -3.57. The number of nitrogens with one attached hydrogen (secondary N) is 4. The van der Waals surface area contributed by atoms with Crippen LogP contribution in [0.3, 0.4) is 0 Å². The fraction of sp³-hybridized carbons (Fsp3) is 0.417. The average molecular weight is 296 g/mol. The normalized spacial score (nSPS) is 20.3. The van der Waals surface area contributed by atoms with Gasteiger partial charge in [0, 0.05) is 12.6 Å². The van der Waals surface area contributed by atoms with E-state index in [1.807, 2.05) is 0 Å². The van der Waals surface area contributed by atoms with Crippen molar-refractivity contribution in [1.82, 2.24) is 20.0 Å². The van der Waals surface area contributed by atoms with Crippen LogP contribution in [0, 0.1) is 0 Å². The van der Waals surface area contributed by atoms with E-state index in [0.29, 0.717) is 17.6 Å². The number of fused-ring (bicyclic) bond motifs is 1. The molecule has 1 aliphatic rings. The molecule has 4 N–H and O–H groups in total. The first-order valence-electron chi connectivity index (χ1n) is 6.50. The van der Waals surface area contributed by atoms with Gasteiger partial charge in [-0.2, -0.15) is 0 Å². The quantitative estimate of drug-likeness (QED) is 0.634. The fourth-order valence-corrected chi connectivity index (χ4v) is 3.71. The third-order valence-corrected chi connectivity index (χ3v) is 4.93. The van der Waals surface area contributed by atoms with Crippen LogP contribution in [0.4, 0.5) is 0 Å². The monoisotopic (exact) mass is 296 g/mol. The van der Waals surface area contributed by atoms with Gasteiger partial charge in [0.15, 0.2) is 0 Å². The maximum atomic E-state index is 12.3. The van der Waals surface area contributed by atoms with Crippen LogP contribution >= 0.6 is 0 Å². The van der Waals surface area contributed by atoms with Gasteiger partial charge in [0.05, 0.1) is 15.9 Å². The minimum Gasteiger partial charge on any atom is -0.315 e. The average Bonchev–Trinajstić information content (AvgIpc) is 2.78.